The molecule has 0 spiro atoms. The van der Waals surface area contributed by atoms with Gasteiger partial charge in [0.25, 0.3) is 0 Å². The second-order valence-corrected chi connectivity index (χ2v) is 7.75. The highest BCUT2D eigenvalue weighted by atomic mass is 79.9. The standard InChI is InChI=1S/C21H15BrF3N5O3/c1-30-18-5-3-14(32-15-6-7-26-13(9-15)11-27-31)10-17(18)29-20(30)28-16-4-2-12(22)8-19(16)33-21(23,24)25/h2-10H,11H2,1H3,(H,28,29). The van der Waals surface area contributed by atoms with Crippen LogP contribution in [-0.4, -0.2) is 20.9 Å². The minimum atomic E-state index is -4.84. The molecule has 0 amide bonds. The van der Waals surface area contributed by atoms with E-state index < -0.39 is 12.1 Å². The summed E-state index contributed by atoms with van der Waals surface area (Å²) in [6.07, 6.45) is -3.33. The second-order valence-electron chi connectivity index (χ2n) is 6.83. The topological polar surface area (TPSA) is 90.6 Å². The molecule has 8 nitrogen and oxygen atoms in total. The summed E-state index contributed by atoms with van der Waals surface area (Å²) in [5, 5.41) is 5.70. The molecule has 0 aliphatic heterocycles. The summed E-state index contributed by atoms with van der Waals surface area (Å²) in [6, 6.07) is 12.7. The number of nitrogens with one attached hydrogen (secondary N) is 1. The largest absolute Gasteiger partial charge is 0.573 e. The molecule has 12 heteroatoms. The van der Waals surface area contributed by atoms with E-state index >= 15 is 0 Å². The SMILES string of the molecule is Cn1c(Nc2ccc(Br)cc2OC(F)(F)F)nc2cc(Oc3ccnc(CN=O)c3)ccc21. The first-order chi connectivity index (χ1) is 15.7. The Balaban J connectivity index is 1.62. The molecule has 4 aromatic rings. The minimum absolute atomic E-state index is 0.0679. The third-order valence-corrected chi connectivity index (χ3v) is 5.01. The van der Waals surface area contributed by atoms with Crippen LogP contribution in [0, 0.1) is 4.91 Å². The molecule has 0 aliphatic carbocycles. The molecule has 2 heterocycles. The van der Waals surface area contributed by atoms with Crippen LogP contribution in [0.2, 0.25) is 0 Å². The van der Waals surface area contributed by atoms with Crippen molar-refractivity contribution in [2.75, 3.05) is 5.32 Å². The van der Waals surface area contributed by atoms with Gasteiger partial charge in [0.05, 0.1) is 22.4 Å². The van der Waals surface area contributed by atoms with Crippen molar-refractivity contribution in [2.24, 2.45) is 12.2 Å². The molecule has 0 unspecified atom stereocenters. The van der Waals surface area contributed by atoms with Crippen molar-refractivity contribution in [2.45, 2.75) is 12.9 Å². The smallest absolute Gasteiger partial charge is 0.457 e. The van der Waals surface area contributed by atoms with Crippen molar-refractivity contribution < 1.29 is 22.6 Å². The number of hydrogen-bond donors (Lipinski definition) is 1. The summed E-state index contributed by atoms with van der Waals surface area (Å²) < 4.78 is 50.5. The van der Waals surface area contributed by atoms with E-state index in [4.69, 9.17) is 4.74 Å². The summed E-state index contributed by atoms with van der Waals surface area (Å²) >= 11 is 3.15. The Morgan fingerprint density at radius 1 is 1.12 bits per heavy atom. The lowest BCUT2D eigenvalue weighted by Crippen LogP contribution is -2.18. The van der Waals surface area contributed by atoms with Crippen LogP contribution < -0.4 is 14.8 Å². The average Bonchev–Trinajstić information content (AvgIpc) is 3.04. The summed E-state index contributed by atoms with van der Waals surface area (Å²) in [5.41, 5.74) is 1.84. The van der Waals surface area contributed by atoms with Gasteiger partial charge in [0, 0.05) is 29.8 Å². The molecule has 0 fully saturated rings. The van der Waals surface area contributed by atoms with Gasteiger partial charge < -0.3 is 19.4 Å². The Labute approximate surface area is 193 Å². The molecule has 0 bridgehead atoms. The lowest BCUT2D eigenvalue weighted by atomic mass is 10.3. The number of hydrogen-bond acceptors (Lipinski definition) is 7. The van der Waals surface area contributed by atoms with E-state index in [1.165, 1.54) is 18.3 Å². The maximum atomic E-state index is 12.8. The quantitative estimate of drug-likeness (QED) is 0.282. The molecule has 4 rings (SSSR count). The summed E-state index contributed by atoms with van der Waals surface area (Å²) in [5.74, 6) is 0.861. The Morgan fingerprint density at radius 3 is 2.67 bits per heavy atom. The zero-order valence-electron chi connectivity index (χ0n) is 16.9. The molecule has 33 heavy (non-hydrogen) atoms. The molecule has 0 radical (unpaired) electrons. The zero-order valence-corrected chi connectivity index (χ0v) is 18.5. The number of aromatic nitrogens is 3. The first kappa shape index (κ1) is 22.5. The van der Waals surface area contributed by atoms with Crippen molar-refractivity contribution >= 4 is 38.6 Å². The van der Waals surface area contributed by atoms with Crippen molar-refractivity contribution in [3.05, 3.63) is 69.8 Å². The number of pyridine rings is 1. The van der Waals surface area contributed by atoms with Crippen LogP contribution in [0.15, 0.2) is 64.4 Å². The van der Waals surface area contributed by atoms with Crippen molar-refractivity contribution in [1.29, 1.82) is 0 Å². The molecule has 0 saturated carbocycles. The van der Waals surface area contributed by atoms with E-state index in [-0.39, 0.29) is 12.2 Å². The number of ether oxygens (including phenoxy) is 2. The monoisotopic (exact) mass is 521 g/mol. The molecule has 0 aliphatic rings. The number of nitrogens with zero attached hydrogens (tertiary/aromatic N) is 4. The van der Waals surface area contributed by atoms with E-state index in [0.29, 0.717) is 33.1 Å². The van der Waals surface area contributed by atoms with Crippen LogP contribution in [-0.2, 0) is 13.6 Å². The summed E-state index contributed by atoms with van der Waals surface area (Å²) in [7, 11) is 1.73. The fraction of sp³-hybridized carbons (Fsp3) is 0.143. The van der Waals surface area contributed by atoms with Gasteiger partial charge in [0.1, 0.15) is 18.0 Å². The van der Waals surface area contributed by atoms with Gasteiger partial charge in [-0.2, -0.15) is 4.91 Å². The Kier molecular flexibility index (Phi) is 6.18. The number of rotatable bonds is 7. The lowest BCUT2D eigenvalue weighted by molar-refractivity contribution is -0.274. The molecule has 1 N–H and O–H groups in total. The van der Waals surface area contributed by atoms with Crippen LogP contribution >= 0.6 is 15.9 Å². The highest BCUT2D eigenvalue weighted by Crippen LogP contribution is 2.35. The van der Waals surface area contributed by atoms with E-state index in [9.17, 15) is 18.1 Å². The molecule has 0 atom stereocenters. The predicted octanol–water partition coefficient (Wildman–Crippen LogP) is 6.43. The Hall–Kier alpha value is -3.67. The highest BCUT2D eigenvalue weighted by Gasteiger charge is 2.32. The first-order valence-electron chi connectivity index (χ1n) is 9.42. The number of halogens is 4. The van der Waals surface area contributed by atoms with Gasteiger partial charge in [-0.05, 0) is 36.4 Å². The van der Waals surface area contributed by atoms with Gasteiger partial charge in [0.15, 0.2) is 5.75 Å². The number of alkyl halides is 3. The zero-order chi connectivity index (χ0) is 23.6. The maximum Gasteiger partial charge on any atom is 0.573 e. The van der Waals surface area contributed by atoms with E-state index in [1.54, 1.807) is 48.0 Å². The molecule has 170 valence electrons. The van der Waals surface area contributed by atoms with Crippen LogP contribution in [0.4, 0.5) is 24.8 Å². The van der Waals surface area contributed by atoms with E-state index in [1.807, 2.05) is 0 Å². The lowest BCUT2D eigenvalue weighted by Gasteiger charge is -2.14. The predicted molar refractivity (Wildman–Crippen MR) is 119 cm³/mol. The van der Waals surface area contributed by atoms with Gasteiger partial charge in [-0.3, -0.25) is 4.98 Å². The third kappa shape index (κ3) is 5.40. The van der Waals surface area contributed by atoms with Gasteiger partial charge >= 0.3 is 6.36 Å². The Bertz CT molecular complexity index is 1330. The average molecular weight is 522 g/mol. The molecular weight excluding hydrogens is 507 g/mol. The maximum absolute atomic E-state index is 12.8. The molecule has 0 saturated heterocycles. The number of nitroso groups, excluding NO2 is 1. The van der Waals surface area contributed by atoms with E-state index in [0.717, 1.165) is 5.52 Å². The Morgan fingerprint density at radius 2 is 1.91 bits per heavy atom. The molecule has 2 aromatic carbocycles. The third-order valence-electron chi connectivity index (χ3n) is 4.52. The molecule has 2 aromatic heterocycles. The number of imidazole rings is 1. The fourth-order valence-corrected chi connectivity index (χ4v) is 3.43. The highest BCUT2D eigenvalue weighted by molar-refractivity contribution is 9.10. The van der Waals surface area contributed by atoms with Crippen molar-refractivity contribution in [3.63, 3.8) is 0 Å². The summed E-state index contributed by atoms with van der Waals surface area (Å²) in [4.78, 5) is 18.9. The fourth-order valence-electron chi connectivity index (χ4n) is 3.09. The van der Waals surface area contributed by atoms with Gasteiger partial charge in [0.2, 0.25) is 5.95 Å². The van der Waals surface area contributed by atoms with E-state index in [2.05, 4.69) is 41.1 Å². The van der Waals surface area contributed by atoms with Gasteiger partial charge in [-0.1, -0.05) is 21.1 Å². The number of aryl methyl sites for hydroxylation is 1. The number of anilines is 2. The van der Waals surface area contributed by atoms with Crippen molar-refractivity contribution in [1.82, 2.24) is 14.5 Å². The van der Waals surface area contributed by atoms with Crippen LogP contribution in [0.5, 0.6) is 17.2 Å². The number of fused-ring (bicyclic) bond motifs is 1. The molecular formula is C21H15BrF3N5O3. The minimum Gasteiger partial charge on any atom is -0.457 e. The van der Waals surface area contributed by atoms with Crippen LogP contribution in [0.25, 0.3) is 11.0 Å². The van der Waals surface area contributed by atoms with Crippen molar-refractivity contribution in [3.8, 4) is 17.2 Å². The second kappa shape index (κ2) is 9.06. The van der Waals surface area contributed by atoms with Crippen LogP contribution in [0.3, 0.4) is 0 Å². The normalized spacial score (nSPS) is 11.4. The summed E-state index contributed by atoms with van der Waals surface area (Å²) in [6.45, 7) is -0.0679. The van der Waals surface area contributed by atoms with Gasteiger partial charge in [-0.25, -0.2) is 4.98 Å². The van der Waals surface area contributed by atoms with Crippen LogP contribution in [0.1, 0.15) is 5.69 Å². The van der Waals surface area contributed by atoms with Gasteiger partial charge in [-0.15, -0.1) is 13.2 Å². The number of benzene rings is 2. The first-order valence-corrected chi connectivity index (χ1v) is 10.2.